The SMILES string of the molecule is COC(=O)c1cccc(NC(=O)CCn2cnc3ccccc3c2=O)c1. The maximum atomic E-state index is 12.4. The number of ether oxygens (including phenoxy) is 1. The number of carbonyl (C=O) groups excluding carboxylic acids is 2. The Labute approximate surface area is 149 Å². The molecule has 0 aliphatic heterocycles. The van der Waals surface area contributed by atoms with Gasteiger partial charge in [-0.25, -0.2) is 9.78 Å². The molecule has 132 valence electrons. The molecule has 3 aromatic rings. The fourth-order valence-corrected chi connectivity index (χ4v) is 2.55. The van der Waals surface area contributed by atoms with Crippen LogP contribution in [0.5, 0.6) is 0 Å². The van der Waals surface area contributed by atoms with Gasteiger partial charge in [-0.3, -0.25) is 14.2 Å². The number of hydrogen-bond acceptors (Lipinski definition) is 5. The number of carbonyl (C=O) groups is 2. The number of anilines is 1. The first-order valence-corrected chi connectivity index (χ1v) is 8.01. The van der Waals surface area contributed by atoms with Crippen molar-refractivity contribution < 1.29 is 14.3 Å². The molecular formula is C19H17N3O4. The smallest absolute Gasteiger partial charge is 0.337 e. The molecule has 1 N–H and O–H groups in total. The zero-order valence-electron chi connectivity index (χ0n) is 14.1. The van der Waals surface area contributed by atoms with E-state index in [0.29, 0.717) is 22.2 Å². The van der Waals surface area contributed by atoms with Crippen molar-refractivity contribution in [3.63, 3.8) is 0 Å². The number of aromatic nitrogens is 2. The first-order valence-electron chi connectivity index (χ1n) is 8.01. The van der Waals surface area contributed by atoms with Gasteiger partial charge in [-0.15, -0.1) is 0 Å². The van der Waals surface area contributed by atoms with E-state index in [4.69, 9.17) is 0 Å². The van der Waals surface area contributed by atoms with Crippen LogP contribution in [0.2, 0.25) is 0 Å². The first-order chi connectivity index (χ1) is 12.6. The quantitative estimate of drug-likeness (QED) is 0.712. The minimum Gasteiger partial charge on any atom is -0.465 e. The van der Waals surface area contributed by atoms with Crippen molar-refractivity contribution in [2.45, 2.75) is 13.0 Å². The predicted molar refractivity (Wildman–Crippen MR) is 97.0 cm³/mol. The van der Waals surface area contributed by atoms with E-state index >= 15 is 0 Å². The Balaban J connectivity index is 1.67. The Hall–Kier alpha value is -3.48. The van der Waals surface area contributed by atoms with Gasteiger partial charge < -0.3 is 10.1 Å². The molecular weight excluding hydrogens is 334 g/mol. The van der Waals surface area contributed by atoms with E-state index < -0.39 is 5.97 Å². The Morgan fingerprint density at radius 2 is 1.96 bits per heavy atom. The second-order valence-electron chi connectivity index (χ2n) is 5.63. The first kappa shape index (κ1) is 17.3. The van der Waals surface area contributed by atoms with Gasteiger partial charge in [0, 0.05) is 18.7 Å². The summed E-state index contributed by atoms with van der Waals surface area (Å²) in [4.78, 5) is 40.3. The number of aryl methyl sites for hydroxylation is 1. The van der Waals surface area contributed by atoms with Crippen molar-refractivity contribution in [2.24, 2.45) is 0 Å². The second-order valence-corrected chi connectivity index (χ2v) is 5.63. The third-order valence-corrected chi connectivity index (χ3v) is 3.88. The van der Waals surface area contributed by atoms with Gasteiger partial charge >= 0.3 is 5.97 Å². The summed E-state index contributed by atoms with van der Waals surface area (Å²) in [5.41, 5.74) is 1.27. The standard InChI is InChI=1S/C19H17N3O4/c1-26-19(25)13-5-4-6-14(11-13)21-17(23)9-10-22-12-20-16-8-3-2-7-15(16)18(22)24/h2-8,11-12H,9-10H2,1H3,(H,21,23). The number of methoxy groups -OCH3 is 1. The maximum absolute atomic E-state index is 12.4. The predicted octanol–water partition coefficient (Wildman–Crippen LogP) is 2.21. The summed E-state index contributed by atoms with van der Waals surface area (Å²) >= 11 is 0. The molecule has 0 aliphatic rings. The van der Waals surface area contributed by atoms with Gasteiger partial charge in [-0.1, -0.05) is 18.2 Å². The highest BCUT2D eigenvalue weighted by atomic mass is 16.5. The summed E-state index contributed by atoms with van der Waals surface area (Å²) in [6, 6.07) is 13.5. The van der Waals surface area contributed by atoms with Crippen LogP contribution in [0, 0.1) is 0 Å². The summed E-state index contributed by atoms with van der Waals surface area (Å²) in [6.07, 6.45) is 1.54. The minimum absolute atomic E-state index is 0.0996. The summed E-state index contributed by atoms with van der Waals surface area (Å²) in [5, 5.41) is 3.22. The number of para-hydroxylation sites is 1. The highest BCUT2D eigenvalue weighted by Gasteiger charge is 2.09. The average Bonchev–Trinajstić information content (AvgIpc) is 2.67. The van der Waals surface area contributed by atoms with Gasteiger partial charge in [0.25, 0.3) is 5.56 Å². The summed E-state index contributed by atoms with van der Waals surface area (Å²) < 4.78 is 6.06. The molecule has 0 fully saturated rings. The molecule has 0 spiro atoms. The highest BCUT2D eigenvalue weighted by Crippen LogP contribution is 2.12. The van der Waals surface area contributed by atoms with E-state index in [0.717, 1.165) is 0 Å². The van der Waals surface area contributed by atoms with Crippen LogP contribution in [0.4, 0.5) is 5.69 Å². The molecule has 1 aromatic heterocycles. The number of fused-ring (bicyclic) bond motifs is 1. The average molecular weight is 351 g/mol. The van der Waals surface area contributed by atoms with Crippen LogP contribution in [0.25, 0.3) is 10.9 Å². The lowest BCUT2D eigenvalue weighted by molar-refractivity contribution is -0.116. The lowest BCUT2D eigenvalue weighted by Gasteiger charge is -2.08. The van der Waals surface area contributed by atoms with Crippen molar-refractivity contribution in [1.82, 2.24) is 9.55 Å². The van der Waals surface area contributed by atoms with Crippen LogP contribution in [-0.4, -0.2) is 28.5 Å². The third-order valence-electron chi connectivity index (χ3n) is 3.88. The number of amides is 1. The van der Waals surface area contributed by atoms with Crippen molar-refractivity contribution in [2.75, 3.05) is 12.4 Å². The van der Waals surface area contributed by atoms with Crippen LogP contribution in [-0.2, 0) is 16.1 Å². The number of hydrogen-bond donors (Lipinski definition) is 1. The van der Waals surface area contributed by atoms with Gasteiger partial charge in [-0.05, 0) is 30.3 Å². The third kappa shape index (κ3) is 3.77. The Kier molecular flexibility index (Phi) is 5.07. The molecule has 0 unspecified atom stereocenters. The molecule has 7 nitrogen and oxygen atoms in total. The van der Waals surface area contributed by atoms with E-state index in [1.807, 2.05) is 6.07 Å². The normalized spacial score (nSPS) is 10.5. The van der Waals surface area contributed by atoms with Crippen LogP contribution in [0.3, 0.4) is 0 Å². The topological polar surface area (TPSA) is 90.3 Å². The van der Waals surface area contributed by atoms with E-state index in [-0.39, 0.29) is 24.4 Å². The number of esters is 1. The van der Waals surface area contributed by atoms with Crippen LogP contribution >= 0.6 is 0 Å². The molecule has 26 heavy (non-hydrogen) atoms. The molecule has 1 amide bonds. The molecule has 0 saturated carbocycles. The number of nitrogens with one attached hydrogen (secondary N) is 1. The monoisotopic (exact) mass is 351 g/mol. The Morgan fingerprint density at radius 1 is 1.15 bits per heavy atom. The lowest BCUT2D eigenvalue weighted by atomic mass is 10.2. The van der Waals surface area contributed by atoms with Crippen molar-refractivity contribution in [3.05, 3.63) is 70.8 Å². The number of nitrogens with zero attached hydrogens (tertiary/aromatic N) is 2. The molecule has 0 saturated heterocycles. The molecule has 0 radical (unpaired) electrons. The van der Waals surface area contributed by atoms with Crippen LogP contribution in [0.1, 0.15) is 16.8 Å². The summed E-state index contributed by atoms with van der Waals surface area (Å²) in [7, 11) is 1.29. The van der Waals surface area contributed by atoms with Gasteiger partial charge in [0.1, 0.15) is 0 Å². The van der Waals surface area contributed by atoms with E-state index in [9.17, 15) is 14.4 Å². The van der Waals surface area contributed by atoms with E-state index in [2.05, 4.69) is 15.0 Å². The van der Waals surface area contributed by atoms with Gasteiger partial charge in [0.05, 0.1) is 29.9 Å². The number of rotatable bonds is 5. The maximum Gasteiger partial charge on any atom is 0.337 e. The van der Waals surface area contributed by atoms with Crippen molar-refractivity contribution in [1.29, 1.82) is 0 Å². The van der Waals surface area contributed by atoms with Gasteiger partial charge in [-0.2, -0.15) is 0 Å². The summed E-state index contributed by atoms with van der Waals surface area (Å²) in [5.74, 6) is -0.748. The zero-order valence-corrected chi connectivity index (χ0v) is 14.1. The Morgan fingerprint density at radius 3 is 2.77 bits per heavy atom. The van der Waals surface area contributed by atoms with Crippen LogP contribution < -0.4 is 10.9 Å². The van der Waals surface area contributed by atoms with Crippen LogP contribution in [0.15, 0.2) is 59.7 Å². The van der Waals surface area contributed by atoms with E-state index in [1.54, 1.807) is 36.4 Å². The molecule has 7 heteroatoms. The fraction of sp³-hybridized carbons (Fsp3) is 0.158. The number of benzene rings is 2. The molecule has 1 heterocycles. The second kappa shape index (κ2) is 7.60. The lowest BCUT2D eigenvalue weighted by Crippen LogP contribution is -2.23. The Bertz CT molecular complexity index is 1030. The fourth-order valence-electron chi connectivity index (χ4n) is 2.55. The molecule has 3 rings (SSSR count). The van der Waals surface area contributed by atoms with Crippen molar-refractivity contribution >= 4 is 28.5 Å². The molecule has 0 bridgehead atoms. The van der Waals surface area contributed by atoms with Gasteiger partial charge in [0.15, 0.2) is 0 Å². The molecule has 0 atom stereocenters. The van der Waals surface area contributed by atoms with E-state index in [1.165, 1.54) is 24.1 Å². The summed E-state index contributed by atoms with van der Waals surface area (Å²) in [6.45, 7) is 0.208. The highest BCUT2D eigenvalue weighted by molar-refractivity contribution is 5.94. The largest absolute Gasteiger partial charge is 0.465 e. The molecule has 0 aliphatic carbocycles. The van der Waals surface area contributed by atoms with Gasteiger partial charge in [0.2, 0.25) is 5.91 Å². The minimum atomic E-state index is -0.477. The molecule has 2 aromatic carbocycles. The zero-order chi connectivity index (χ0) is 18.5. The van der Waals surface area contributed by atoms with Crippen molar-refractivity contribution in [3.8, 4) is 0 Å².